The van der Waals surface area contributed by atoms with Crippen molar-refractivity contribution in [3.8, 4) is 34.0 Å². The van der Waals surface area contributed by atoms with Crippen molar-refractivity contribution in [3.63, 3.8) is 0 Å². The van der Waals surface area contributed by atoms with Gasteiger partial charge in [0, 0.05) is 36.3 Å². The molecule has 1 aliphatic rings. The highest BCUT2D eigenvalue weighted by atomic mass is 28.4. The zero-order valence-electron chi connectivity index (χ0n) is 27.4. The average Bonchev–Trinajstić information content (AvgIpc) is 3.75. The summed E-state index contributed by atoms with van der Waals surface area (Å²) in [4.78, 5) is 6.66. The molecule has 0 saturated heterocycles. The van der Waals surface area contributed by atoms with Crippen LogP contribution in [0.2, 0.25) is 18.1 Å². The van der Waals surface area contributed by atoms with E-state index in [9.17, 15) is 4.39 Å². The maximum absolute atomic E-state index is 15.5. The molecule has 242 valence electrons. The summed E-state index contributed by atoms with van der Waals surface area (Å²) in [5.74, 6) is -1.73. The van der Waals surface area contributed by atoms with Gasteiger partial charge in [-0.05, 0) is 85.9 Å². The third kappa shape index (κ3) is 6.03. The van der Waals surface area contributed by atoms with Crippen LogP contribution >= 0.6 is 0 Å². The summed E-state index contributed by atoms with van der Waals surface area (Å²) in [5, 5.41) is 8.17. The summed E-state index contributed by atoms with van der Waals surface area (Å²) in [7, 11) is 1.74. The number of aromatic nitrogens is 4. The van der Waals surface area contributed by atoms with Gasteiger partial charge < -0.3 is 13.4 Å². The molecule has 1 saturated carbocycles. The number of halogens is 3. The summed E-state index contributed by atoms with van der Waals surface area (Å²) in [6.07, 6.45) is 4.55. The second-order valence-electron chi connectivity index (χ2n) is 13.9. The molecule has 1 fully saturated rings. The molecular weight excluding hydrogens is 607 g/mol. The van der Waals surface area contributed by atoms with Crippen LogP contribution in [0.5, 0.6) is 0 Å². The van der Waals surface area contributed by atoms with Gasteiger partial charge in [-0.1, -0.05) is 39.0 Å². The van der Waals surface area contributed by atoms with Crippen LogP contribution in [0.3, 0.4) is 0 Å². The molecule has 2 heterocycles. The lowest BCUT2D eigenvalue weighted by molar-refractivity contribution is 0.0890. The average molecular weight is 648 g/mol. The van der Waals surface area contributed by atoms with E-state index in [1.807, 2.05) is 25.2 Å². The zero-order chi connectivity index (χ0) is 33.0. The van der Waals surface area contributed by atoms with Crippen molar-refractivity contribution in [2.75, 3.05) is 7.05 Å². The van der Waals surface area contributed by atoms with E-state index in [4.69, 9.17) is 8.84 Å². The molecule has 0 spiro atoms. The predicted octanol–water partition coefficient (Wildman–Crippen LogP) is 8.75. The van der Waals surface area contributed by atoms with E-state index in [2.05, 4.69) is 53.9 Å². The van der Waals surface area contributed by atoms with Crippen LogP contribution in [0.25, 0.3) is 45.1 Å². The van der Waals surface area contributed by atoms with Crippen molar-refractivity contribution in [1.29, 1.82) is 0 Å². The van der Waals surface area contributed by atoms with Crippen LogP contribution in [0, 0.1) is 17.5 Å². The molecule has 1 aliphatic carbocycles. The molecule has 46 heavy (non-hydrogen) atoms. The summed E-state index contributed by atoms with van der Waals surface area (Å²) < 4.78 is 59.6. The van der Waals surface area contributed by atoms with E-state index in [0.29, 0.717) is 17.0 Å². The topological polar surface area (TPSA) is 69.2 Å². The molecule has 0 aliphatic heterocycles. The van der Waals surface area contributed by atoms with Crippen molar-refractivity contribution in [1.82, 2.24) is 24.6 Å². The Morgan fingerprint density at radius 1 is 1.00 bits per heavy atom. The van der Waals surface area contributed by atoms with Gasteiger partial charge in [0.25, 0.3) is 0 Å². The molecule has 11 heteroatoms. The summed E-state index contributed by atoms with van der Waals surface area (Å²) in [6.45, 7) is 11.4. The molecule has 0 bridgehead atoms. The van der Waals surface area contributed by atoms with Gasteiger partial charge in [-0.15, -0.1) is 10.2 Å². The molecule has 5 aromatic rings. The van der Waals surface area contributed by atoms with Crippen LogP contribution in [0.4, 0.5) is 13.2 Å². The van der Waals surface area contributed by atoms with E-state index >= 15 is 8.78 Å². The van der Waals surface area contributed by atoms with E-state index in [1.165, 1.54) is 12.1 Å². The Kier molecular flexibility index (Phi) is 8.45. The van der Waals surface area contributed by atoms with Crippen LogP contribution in [0.1, 0.15) is 45.6 Å². The maximum Gasteiger partial charge on any atom is 0.227 e. The highest BCUT2D eigenvalue weighted by Crippen LogP contribution is 2.41. The second kappa shape index (κ2) is 12.1. The van der Waals surface area contributed by atoms with Crippen molar-refractivity contribution in [3.05, 3.63) is 77.9 Å². The van der Waals surface area contributed by atoms with Crippen molar-refractivity contribution >= 4 is 19.4 Å². The summed E-state index contributed by atoms with van der Waals surface area (Å²) in [5.41, 5.74) is 2.83. The molecule has 2 atom stereocenters. The summed E-state index contributed by atoms with van der Waals surface area (Å²) in [6, 6.07) is 13.4. The lowest BCUT2D eigenvalue weighted by Crippen LogP contribution is -2.48. The van der Waals surface area contributed by atoms with Crippen molar-refractivity contribution < 1.29 is 22.0 Å². The number of rotatable bonds is 8. The smallest absolute Gasteiger partial charge is 0.227 e. The Balaban J connectivity index is 1.29. The Hall–Kier alpha value is -3.80. The molecule has 7 nitrogen and oxygen atoms in total. The number of oxazole rings is 1. The lowest BCUT2D eigenvalue weighted by Gasteiger charge is -2.41. The largest absolute Gasteiger partial charge is 0.433 e. The first-order valence-corrected chi connectivity index (χ1v) is 18.5. The van der Waals surface area contributed by atoms with E-state index < -0.39 is 25.8 Å². The minimum Gasteiger partial charge on any atom is -0.433 e. The molecule has 0 amide bonds. The highest BCUT2D eigenvalue weighted by Gasteiger charge is 2.43. The fraction of sp³-hybridized carbons (Fsp3) is 0.400. The monoisotopic (exact) mass is 647 g/mol. The number of likely N-dealkylation sites (N-methyl/N-ethyl adjacent to an activating group) is 1. The SMILES string of the molecule is CN(Cc1cc2nc(-c3cccc(-c4ccc(F)cc4-c4nncn4C)c3)oc2c(F)c1F)[C@@H]1CCCC1O[Si](C)(C)C(C)(C)C. The van der Waals surface area contributed by atoms with Crippen LogP contribution < -0.4 is 0 Å². The minimum atomic E-state index is -1.99. The van der Waals surface area contributed by atoms with Gasteiger partial charge in [-0.3, -0.25) is 4.90 Å². The van der Waals surface area contributed by atoms with Gasteiger partial charge in [0.05, 0.1) is 6.10 Å². The quantitative estimate of drug-likeness (QED) is 0.157. The molecule has 1 unspecified atom stereocenters. The fourth-order valence-electron chi connectivity index (χ4n) is 6.08. The molecule has 6 rings (SSSR count). The van der Waals surface area contributed by atoms with Gasteiger partial charge in [-0.2, -0.15) is 4.39 Å². The first kappa shape index (κ1) is 32.2. The standard InChI is InChI=1S/C35H40F3N5O2Si/c1-35(2,3)46(6,7)45-29-13-9-12-28(29)42(4)19-23-17-27-32(31(38)30(23)37)44-34(40-27)22-11-8-10-21(16-22)25-15-14-24(36)18-26(25)33-41-39-20-43(33)5/h8,10-11,14-18,20,28-29H,9,12-13,19H2,1-7H3/t28-,29?/m1/s1. The lowest BCUT2D eigenvalue weighted by atomic mass is 9.97. The van der Waals surface area contributed by atoms with Gasteiger partial charge in [0.1, 0.15) is 17.7 Å². The third-order valence-electron chi connectivity index (χ3n) is 9.65. The number of fused-ring (bicyclic) bond motifs is 1. The Labute approximate surface area is 268 Å². The minimum absolute atomic E-state index is 0.0590. The van der Waals surface area contributed by atoms with Gasteiger partial charge in [0.2, 0.25) is 11.7 Å². The van der Waals surface area contributed by atoms with Crippen LogP contribution in [0.15, 0.2) is 59.3 Å². The van der Waals surface area contributed by atoms with Crippen molar-refractivity contribution in [2.45, 2.75) is 76.9 Å². The second-order valence-corrected chi connectivity index (χ2v) is 18.7. The number of hydrogen-bond donors (Lipinski definition) is 0. The van der Waals surface area contributed by atoms with E-state index in [1.54, 1.807) is 36.1 Å². The third-order valence-corrected chi connectivity index (χ3v) is 14.2. The molecule has 0 radical (unpaired) electrons. The zero-order valence-corrected chi connectivity index (χ0v) is 28.4. The fourth-order valence-corrected chi connectivity index (χ4v) is 7.47. The summed E-state index contributed by atoms with van der Waals surface area (Å²) >= 11 is 0. The number of hydrogen-bond acceptors (Lipinski definition) is 6. The number of benzene rings is 3. The predicted molar refractivity (Wildman–Crippen MR) is 176 cm³/mol. The Morgan fingerprint density at radius 3 is 2.48 bits per heavy atom. The van der Waals surface area contributed by atoms with Gasteiger partial charge in [-0.25, -0.2) is 13.8 Å². The molecule has 3 aromatic carbocycles. The molecular formula is C35H40F3N5O2Si. The van der Waals surface area contributed by atoms with Crippen LogP contribution in [-0.2, 0) is 18.0 Å². The normalized spacial score (nSPS) is 17.5. The number of nitrogens with zero attached hydrogens (tertiary/aromatic N) is 5. The number of aryl methyl sites for hydroxylation is 1. The van der Waals surface area contributed by atoms with E-state index in [0.717, 1.165) is 30.4 Å². The van der Waals surface area contributed by atoms with Gasteiger partial charge >= 0.3 is 0 Å². The molecule has 2 aromatic heterocycles. The molecule has 0 N–H and O–H groups in total. The Morgan fingerprint density at radius 2 is 1.76 bits per heavy atom. The Bertz CT molecular complexity index is 1900. The van der Waals surface area contributed by atoms with Crippen molar-refractivity contribution in [2.24, 2.45) is 7.05 Å². The van der Waals surface area contributed by atoms with Gasteiger partial charge in [0.15, 0.2) is 25.5 Å². The first-order valence-electron chi connectivity index (χ1n) is 15.6. The van der Waals surface area contributed by atoms with Crippen LogP contribution in [-0.4, -0.2) is 52.2 Å². The first-order chi connectivity index (χ1) is 21.7. The maximum atomic E-state index is 15.5. The highest BCUT2D eigenvalue weighted by molar-refractivity contribution is 6.74. The van der Waals surface area contributed by atoms with E-state index in [-0.39, 0.29) is 46.3 Å².